The molecule has 0 bridgehead atoms. The van der Waals surface area contributed by atoms with Crippen molar-refractivity contribution in [2.24, 2.45) is 0 Å². The van der Waals surface area contributed by atoms with Crippen molar-refractivity contribution in [3.8, 4) is 0 Å². The van der Waals surface area contributed by atoms with Crippen molar-refractivity contribution in [1.29, 1.82) is 0 Å². The number of carbonyl (C=O) groups excluding carboxylic acids is 2. The van der Waals surface area contributed by atoms with E-state index >= 15 is 0 Å². The first kappa shape index (κ1) is 41.3. The van der Waals surface area contributed by atoms with Crippen molar-refractivity contribution < 1.29 is 117 Å². The Morgan fingerprint density at radius 1 is 0.854 bits per heavy atom. The molecule has 1 heterocycles. The summed E-state index contributed by atoms with van der Waals surface area (Å²) < 4.78 is 38.6. The smallest absolute Gasteiger partial charge is 0.810 e. The molecule has 0 amide bonds. The zero-order valence-electron chi connectivity index (χ0n) is 22.8. The molecule has 0 spiro atoms. The van der Waals surface area contributed by atoms with E-state index in [-0.39, 0.29) is 140 Å². The number of carbonyl (C=O) groups is 2. The van der Waals surface area contributed by atoms with Crippen molar-refractivity contribution in [2.75, 3.05) is 84.8 Å². The molecule has 1 aromatic rings. The van der Waals surface area contributed by atoms with Crippen LogP contribution in [-0.2, 0) is 24.2 Å². The first-order valence-electron chi connectivity index (χ1n) is 12.3. The number of aliphatic carboxylic acids is 2. The molecule has 1 aliphatic heterocycles. The van der Waals surface area contributed by atoms with Gasteiger partial charge in [0.2, 0.25) is 10.0 Å². The fourth-order valence-electron chi connectivity index (χ4n) is 4.08. The van der Waals surface area contributed by atoms with Crippen LogP contribution in [0.1, 0.15) is 0 Å². The van der Waals surface area contributed by atoms with Crippen molar-refractivity contribution in [3.05, 3.63) is 30.3 Å². The number of β-amino-alcohol motifs (C(OH)–C–C–N with tert-alkyl or cyclic N) is 1. The van der Waals surface area contributed by atoms with E-state index in [4.69, 9.17) is 0 Å². The Morgan fingerprint density at radius 3 is 1.68 bits per heavy atom. The van der Waals surface area contributed by atoms with Crippen LogP contribution in [0.4, 0.5) is 0 Å². The fourth-order valence-corrected chi connectivity index (χ4v) is 5.95. The van der Waals surface area contributed by atoms with Gasteiger partial charge in [-0.3, -0.25) is 19.6 Å². The molecule has 227 valence electrons. The second-order valence-corrected chi connectivity index (χ2v) is 12.6. The summed E-state index contributed by atoms with van der Waals surface area (Å²) in [6, 6.07) is 7.63. The third kappa shape index (κ3) is 18.0. The standard InChI is InChI=1S/C22H38N5O10PS.Gd.Na/c28-19(14-23-39(36,37)20-4-2-1-3-5-20)15-24-6-8-25(16-21(29)30)10-12-27(18-38(33,34)35)13-11-26(9-7-24)17-22(31)32;;/h1-5,19,23,28H,6-18H2,(H,29,30)(H,31,32)(H2,33,34,35);;/q;+3;+1/p-4. The van der Waals surface area contributed by atoms with Crippen LogP contribution >= 0.6 is 7.60 Å². The average molecular weight is 772 g/mol. The molecule has 2 rings (SSSR count). The number of carboxylic acids is 2. The van der Waals surface area contributed by atoms with Gasteiger partial charge in [-0.25, -0.2) is 13.1 Å². The van der Waals surface area contributed by atoms with Crippen LogP contribution in [0.15, 0.2) is 35.2 Å². The molecule has 0 aromatic heterocycles. The number of aliphatic hydroxyl groups excluding tert-OH is 1. The molecule has 15 nitrogen and oxygen atoms in total. The minimum absolute atomic E-state index is 0. The van der Waals surface area contributed by atoms with E-state index < -0.39 is 55.0 Å². The Hall–Kier alpha value is 0.345. The molecule has 1 atom stereocenters. The number of hydrogen-bond acceptors (Lipinski definition) is 14. The Labute approximate surface area is 294 Å². The van der Waals surface area contributed by atoms with Crippen LogP contribution in [-0.4, -0.2) is 136 Å². The molecular formula is C22H34GdN5NaO10PS. The summed E-state index contributed by atoms with van der Waals surface area (Å²) in [7, 11) is -8.77. The average Bonchev–Trinajstić information content (AvgIpc) is 2.83. The molecule has 1 radical (unpaired) electrons. The van der Waals surface area contributed by atoms with Gasteiger partial charge in [0, 0.05) is 84.8 Å². The van der Waals surface area contributed by atoms with Gasteiger partial charge in [-0.05, 0) is 12.1 Å². The van der Waals surface area contributed by atoms with Crippen LogP contribution in [0, 0.1) is 39.9 Å². The molecule has 1 aromatic carbocycles. The predicted molar refractivity (Wildman–Crippen MR) is 131 cm³/mol. The Morgan fingerprint density at radius 2 is 1.27 bits per heavy atom. The van der Waals surface area contributed by atoms with Crippen molar-refractivity contribution in [2.45, 2.75) is 11.0 Å². The molecule has 0 aliphatic carbocycles. The van der Waals surface area contributed by atoms with Gasteiger partial charge in [0.15, 0.2) is 0 Å². The van der Waals surface area contributed by atoms with E-state index in [2.05, 4.69) is 4.72 Å². The minimum atomic E-state index is -4.92. The summed E-state index contributed by atoms with van der Waals surface area (Å²) >= 11 is 0. The third-order valence-corrected chi connectivity index (χ3v) is 8.23. The maximum Gasteiger partial charge on any atom is 3.00 e. The number of aliphatic hydroxyl groups is 1. The van der Waals surface area contributed by atoms with E-state index in [9.17, 15) is 47.7 Å². The van der Waals surface area contributed by atoms with Crippen LogP contribution in [0.5, 0.6) is 0 Å². The van der Waals surface area contributed by atoms with E-state index in [1.54, 1.807) is 23.1 Å². The van der Waals surface area contributed by atoms with E-state index in [1.165, 1.54) is 26.8 Å². The number of sulfonamides is 1. The van der Waals surface area contributed by atoms with Crippen molar-refractivity contribution in [1.82, 2.24) is 24.3 Å². The summed E-state index contributed by atoms with van der Waals surface area (Å²) in [5, 5.41) is 33.1. The summed E-state index contributed by atoms with van der Waals surface area (Å²) in [5.74, 6) is -2.71. The molecule has 2 N–H and O–H groups in total. The van der Waals surface area contributed by atoms with Crippen LogP contribution < -0.4 is 54.3 Å². The molecular weight excluding hydrogens is 738 g/mol. The van der Waals surface area contributed by atoms with Crippen molar-refractivity contribution in [3.63, 3.8) is 0 Å². The van der Waals surface area contributed by atoms with Gasteiger partial charge in [0.25, 0.3) is 0 Å². The topological polar surface area (TPSA) is 223 Å². The van der Waals surface area contributed by atoms with Gasteiger partial charge in [-0.15, -0.1) is 0 Å². The quantitative estimate of drug-likeness (QED) is 0.149. The number of nitrogens with one attached hydrogen (secondary N) is 1. The van der Waals surface area contributed by atoms with Crippen LogP contribution in [0.25, 0.3) is 0 Å². The third-order valence-electron chi connectivity index (χ3n) is 6.04. The Bertz CT molecular complexity index is 1060. The van der Waals surface area contributed by atoms with Gasteiger partial charge in [0.1, 0.15) is 0 Å². The second kappa shape index (κ2) is 20.4. The molecule has 19 heteroatoms. The minimum Gasteiger partial charge on any atom is -0.810 e. The molecule has 41 heavy (non-hydrogen) atoms. The summed E-state index contributed by atoms with van der Waals surface area (Å²) in [6.07, 6.45) is -1.93. The molecule has 1 saturated heterocycles. The van der Waals surface area contributed by atoms with E-state index in [0.717, 1.165) is 0 Å². The largest absolute Gasteiger partial charge is 3.00 e. The van der Waals surface area contributed by atoms with Crippen LogP contribution in [0.3, 0.4) is 0 Å². The Kier molecular flexibility index (Phi) is 20.6. The van der Waals surface area contributed by atoms with Crippen LogP contribution in [0.2, 0.25) is 0 Å². The maximum atomic E-state index is 12.5. The molecule has 0 saturated carbocycles. The normalized spacial score (nSPS) is 18.2. The number of carboxylic acid groups (broad SMARTS) is 2. The molecule has 1 aliphatic rings. The SMILES string of the molecule is O=C([O-])CN1CCN(CC(O)CNS(=O)(=O)c2ccccc2)CCN(CC(=O)[O-])CCN(CP(=O)([O-])[O-])CC1.[Gd+3].[Na+]. The van der Waals surface area contributed by atoms with Crippen molar-refractivity contribution >= 4 is 29.6 Å². The first-order valence-corrected chi connectivity index (χ1v) is 15.5. The number of hydrogen-bond donors (Lipinski definition) is 2. The van der Waals surface area contributed by atoms with E-state index in [0.29, 0.717) is 0 Å². The van der Waals surface area contributed by atoms with Gasteiger partial charge >= 0.3 is 69.5 Å². The molecule has 1 unspecified atom stereocenters. The van der Waals surface area contributed by atoms with Gasteiger partial charge in [0.05, 0.1) is 22.9 Å². The van der Waals surface area contributed by atoms with Gasteiger partial charge < -0.3 is 39.3 Å². The predicted octanol–water partition coefficient (Wildman–Crippen LogP) is -9.08. The number of rotatable bonds is 12. The van der Waals surface area contributed by atoms with Gasteiger partial charge in [-0.1, -0.05) is 25.8 Å². The fraction of sp³-hybridized carbons (Fsp3) is 0.636. The number of nitrogens with zero attached hydrogens (tertiary/aromatic N) is 4. The summed E-state index contributed by atoms with van der Waals surface area (Å²) in [4.78, 5) is 51.3. The second-order valence-electron chi connectivity index (χ2n) is 9.29. The zero-order valence-corrected chi connectivity index (χ0v) is 28.8. The van der Waals surface area contributed by atoms with E-state index in [1.807, 2.05) is 0 Å². The number of benzene rings is 1. The monoisotopic (exact) mass is 772 g/mol. The summed E-state index contributed by atoms with van der Waals surface area (Å²) in [5.41, 5.74) is 0. The maximum absolute atomic E-state index is 12.5. The Balaban J connectivity index is 0.00000800. The zero-order chi connectivity index (χ0) is 29.1. The first-order chi connectivity index (χ1) is 18.2. The molecule has 1 fully saturated rings. The summed E-state index contributed by atoms with van der Waals surface area (Å²) in [6.45, 7) is -0.203. The van der Waals surface area contributed by atoms with Gasteiger partial charge in [-0.2, -0.15) is 0 Å².